The normalized spacial score (nSPS) is 11.1. The van der Waals surface area contributed by atoms with Crippen LogP contribution < -0.4 is 10.6 Å². The molecule has 0 saturated carbocycles. The highest BCUT2D eigenvalue weighted by atomic mass is 16.5. The molecule has 0 radical (unpaired) electrons. The third-order valence-electron chi connectivity index (χ3n) is 2.78. The molecule has 0 fully saturated rings. The van der Waals surface area contributed by atoms with Crippen molar-refractivity contribution in [1.29, 1.82) is 0 Å². The Labute approximate surface area is 133 Å². The number of hydrogen-bond donors (Lipinski definition) is 2. The molecule has 0 heterocycles. The molecule has 0 saturated heterocycles. The maximum Gasteiger partial charge on any atom is 0.339 e. The van der Waals surface area contributed by atoms with Gasteiger partial charge in [-0.15, -0.1) is 0 Å². The van der Waals surface area contributed by atoms with E-state index in [2.05, 4.69) is 10.1 Å². The van der Waals surface area contributed by atoms with E-state index in [0.717, 1.165) is 0 Å². The molecule has 3 amide bonds. The Balaban J connectivity index is 2.78. The summed E-state index contributed by atoms with van der Waals surface area (Å²) in [5.41, 5.74) is -0.00616. The Morgan fingerprint density at radius 3 is 2.17 bits per heavy atom. The minimum absolute atomic E-state index is 0.0244. The predicted octanol–water partition coefficient (Wildman–Crippen LogP) is 0.864. The van der Waals surface area contributed by atoms with Crippen molar-refractivity contribution in [3.05, 3.63) is 35.4 Å². The molecule has 0 aliphatic rings. The maximum atomic E-state index is 12.1. The fraction of sp³-hybridized carbons (Fsp3) is 0.333. The Bertz CT molecular complexity index is 614. The van der Waals surface area contributed by atoms with Crippen molar-refractivity contribution in [1.82, 2.24) is 10.6 Å². The second-order valence-corrected chi connectivity index (χ2v) is 4.43. The molecule has 0 spiro atoms. The third-order valence-corrected chi connectivity index (χ3v) is 2.78. The van der Waals surface area contributed by atoms with Crippen molar-refractivity contribution in [3.63, 3.8) is 0 Å². The largest absolute Gasteiger partial charge is 0.465 e. The van der Waals surface area contributed by atoms with Gasteiger partial charge < -0.3 is 14.8 Å². The van der Waals surface area contributed by atoms with Crippen LogP contribution in [0.3, 0.4) is 0 Å². The molecule has 0 bridgehead atoms. The number of carbonyl (C=O) groups is 4. The van der Waals surface area contributed by atoms with Gasteiger partial charge in [0.05, 0.1) is 18.2 Å². The highest BCUT2D eigenvalue weighted by Crippen LogP contribution is 2.12. The van der Waals surface area contributed by atoms with E-state index in [1.54, 1.807) is 19.1 Å². The van der Waals surface area contributed by atoms with Crippen molar-refractivity contribution in [2.45, 2.75) is 20.0 Å². The van der Waals surface area contributed by atoms with Crippen molar-refractivity contribution in [3.8, 4) is 0 Å². The minimum atomic E-state index is -1.21. The van der Waals surface area contributed by atoms with Crippen molar-refractivity contribution < 1.29 is 28.7 Å². The van der Waals surface area contributed by atoms with Crippen LogP contribution >= 0.6 is 0 Å². The summed E-state index contributed by atoms with van der Waals surface area (Å²) in [5.74, 6) is -2.35. The lowest BCUT2D eigenvalue weighted by Crippen LogP contribution is -2.44. The second kappa shape index (κ2) is 8.52. The van der Waals surface area contributed by atoms with E-state index in [0.29, 0.717) is 6.54 Å². The van der Waals surface area contributed by atoms with E-state index in [-0.39, 0.29) is 11.1 Å². The topological polar surface area (TPSA) is 111 Å². The average Bonchev–Trinajstić information content (AvgIpc) is 2.54. The summed E-state index contributed by atoms with van der Waals surface area (Å²) in [6, 6.07) is 5.21. The standard InChI is InChI=1S/C15H18N2O6/c1-4-16-15(21)17-12(18)9(2)23-14(20)11-8-6-5-7-10(11)13(19)22-3/h5-9H,4H2,1-3H3,(H2,16,17,18,21). The predicted molar refractivity (Wildman–Crippen MR) is 79.9 cm³/mol. The molecule has 8 heteroatoms. The molecule has 23 heavy (non-hydrogen) atoms. The molecule has 1 atom stereocenters. The van der Waals surface area contributed by atoms with E-state index < -0.39 is 30.0 Å². The van der Waals surface area contributed by atoms with Crippen LogP contribution in [0.1, 0.15) is 34.6 Å². The van der Waals surface area contributed by atoms with Gasteiger partial charge >= 0.3 is 18.0 Å². The molecular weight excluding hydrogens is 304 g/mol. The van der Waals surface area contributed by atoms with Crippen LogP contribution in [0.4, 0.5) is 4.79 Å². The molecule has 8 nitrogen and oxygen atoms in total. The summed E-state index contributed by atoms with van der Waals surface area (Å²) in [6.45, 7) is 3.35. The first-order chi connectivity index (χ1) is 10.9. The number of nitrogens with one attached hydrogen (secondary N) is 2. The van der Waals surface area contributed by atoms with Gasteiger partial charge in [0.1, 0.15) is 0 Å². The zero-order chi connectivity index (χ0) is 17.4. The molecule has 124 valence electrons. The number of carbonyl (C=O) groups excluding carboxylic acids is 4. The zero-order valence-electron chi connectivity index (χ0n) is 13.0. The quantitative estimate of drug-likeness (QED) is 0.778. The molecule has 1 aromatic rings. The van der Waals surface area contributed by atoms with Crippen LogP contribution in [0.5, 0.6) is 0 Å². The lowest BCUT2D eigenvalue weighted by Gasteiger charge is -2.14. The smallest absolute Gasteiger partial charge is 0.339 e. The first-order valence-corrected chi connectivity index (χ1v) is 6.87. The second-order valence-electron chi connectivity index (χ2n) is 4.43. The molecule has 1 unspecified atom stereocenters. The number of ether oxygens (including phenoxy) is 2. The third kappa shape index (κ3) is 5.10. The molecule has 0 aliphatic carbocycles. The summed E-state index contributed by atoms with van der Waals surface area (Å²) in [6.07, 6.45) is -1.21. The van der Waals surface area contributed by atoms with Gasteiger partial charge in [0.2, 0.25) is 0 Å². The number of esters is 2. The van der Waals surface area contributed by atoms with Crippen LogP contribution in [0.2, 0.25) is 0 Å². The van der Waals surface area contributed by atoms with Gasteiger partial charge in [-0.25, -0.2) is 14.4 Å². The number of imide groups is 1. The van der Waals surface area contributed by atoms with Gasteiger partial charge in [0.15, 0.2) is 6.10 Å². The van der Waals surface area contributed by atoms with Gasteiger partial charge in [-0.2, -0.15) is 0 Å². The fourth-order valence-electron chi connectivity index (χ4n) is 1.64. The minimum Gasteiger partial charge on any atom is -0.465 e. The number of hydrogen-bond acceptors (Lipinski definition) is 6. The zero-order valence-corrected chi connectivity index (χ0v) is 13.0. The number of benzene rings is 1. The van der Waals surface area contributed by atoms with Crippen molar-refractivity contribution in [2.75, 3.05) is 13.7 Å². The molecule has 2 N–H and O–H groups in total. The summed E-state index contributed by atoms with van der Waals surface area (Å²) in [7, 11) is 1.19. The van der Waals surface area contributed by atoms with E-state index in [1.807, 2.05) is 5.32 Å². The van der Waals surface area contributed by atoms with Gasteiger partial charge in [0, 0.05) is 6.54 Å². The number of amides is 3. The van der Waals surface area contributed by atoms with Gasteiger partial charge in [-0.1, -0.05) is 12.1 Å². The Kier molecular flexibility index (Phi) is 6.72. The van der Waals surface area contributed by atoms with Crippen molar-refractivity contribution in [2.24, 2.45) is 0 Å². The summed E-state index contributed by atoms with van der Waals surface area (Å²) in [5, 5.41) is 4.40. The van der Waals surface area contributed by atoms with E-state index in [1.165, 1.54) is 26.2 Å². The van der Waals surface area contributed by atoms with Gasteiger partial charge in [-0.3, -0.25) is 10.1 Å². The maximum absolute atomic E-state index is 12.1. The van der Waals surface area contributed by atoms with Crippen molar-refractivity contribution >= 4 is 23.9 Å². The number of urea groups is 1. The van der Waals surface area contributed by atoms with Crippen LogP contribution in [0.15, 0.2) is 24.3 Å². The lowest BCUT2D eigenvalue weighted by atomic mass is 10.1. The Hall–Kier alpha value is -2.90. The monoisotopic (exact) mass is 322 g/mol. The molecule has 0 aromatic heterocycles. The lowest BCUT2D eigenvalue weighted by molar-refractivity contribution is -0.127. The van der Waals surface area contributed by atoms with E-state index in [4.69, 9.17) is 4.74 Å². The highest BCUT2D eigenvalue weighted by Gasteiger charge is 2.24. The Morgan fingerprint density at radius 2 is 1.65 bits per heavy atom. The van der Waals surface area contributed by atoms with E-state index >= 15 is 0 Å². The number of rotatable bonds is 5. The van der Waals surface area contributed by atoms with Gasteiger partial charge in [0.25, 0.3) is 5.91 Å². The first-order valence-electron chi connectivity index (χ1n) is 6.87. The van der Waals surface area contributed by atoms with Crippen LogP contribution in [-0.4, -0.2) is 43.6 Å². The molecule has 1 aromatic carbocycles. The first kappa shape index (κ1) is 18.1. The molecule has 1 rings (SSSR count). The van der Waals surface area contributed by atoms with Gasteiger partial charge in [-0.05, 0) is 26.0 Å². The molecule has 0 aliphatic heterocycles. The van der Waals surface area contributed by atoms with Crippen LogP contribution in [0, 0.1) is 0 Å². The summed E-state index contributed by atoms with van der Waals surface area (Å²) < 4.78 is 9.55. The highest BCUT2D eigenvalue weighted by molar-refractivity contribution is 6.04. The molecular formula is C15H18N2O6. The van der Waals surface area contributed by atoms with Crippen LogP contribution in [-0.2, 0) is 14.3 Å². The Morgan fingerprint density at radius 1 is 1.09 bits per heavy atom. The summed E-state index contributed by atoms with van der Waals surface area (Å²) >= 11 is 0. The summed E-state index contributed by atoms with van der Waals surface area (Å²) in [4.78, 5) is 46.7. The fourth-order valence-corrected chi connectivity index (χ4v) is 1.64. The SMILES string of the molecule is CCNC(=O)NC(=O)C(C)OC(=O)c1ccccc1C(=O)OC. The van der Waals surface area contributed by atoms with E-state index in [9.17, 15) is 19.2 Å². The average molecular weight is 322 g/mol. The number of methoxy groups -OCH3 is 1. The van der Waals surface area contributed by atoms with Crippen LogP contribution in [0.25, 0.3) is 0 Å².